The highest BCUT2D eigenvalue weighted by Gasteiger charge is 2.37. The fourth-order valence-corrected chi connectivity index (χ4v) is 3.51. The van der Waals surface area contributed by atoms with Gasteiger partial charge in [-0.15, -0.1) is 0 Å². The molecule has 2 aliphatic heterocycles. The number of rotatable bonds is 4. The lowest BCUT2D eigenvalue weighted by molar-refractivity contribution is 0.0475. The van der Waals surface area contributed by atoms with E-state index in [0.717, 1.165) is 18.4 Å². The fraction of sp³-hybridized carbons (Fsp3) is 0.286. The van der Waals surface area contributed by atoms with Gasteiger partial charge >= 0.3 is 0 Å². The first kappa shape index (κ1) is 18.3. The number of nitrogens with zero attached hydrogens (tertiary/aromatic N) is 1. The summed E-state index contributed by atoms with van der Waals surface area (Å²) in [6.07, 6.45) is 1.58. The van der Waals surface area contributed by atoms with Crippen LogP contribution in [0, 0.1) is 12.7 Å². The number of nitrogens with one attached hydrogen (secondary N) is 1. The number of halogens is 1. The number of imide groups is 1. The van der Waals surface area contributed by atoms with Gasteiger partial charge in [0.25, 0.3) is 17.7 Å². The van der Waals surface area contributed by atoms with E-state index in [-0.39, 0.29) is 40.9 Å². The quantitative estimate of drug-likeness (QED) is 0.825. The molecule has 4 rings (SSSR count). The lowest BCUT2D eigenvalue weighted by Crippen LogP contribution is -2.36. The lowest BCUT2D eigenvalue weighted by Gasteiger charge is -2.17. The maximum absolute atomic E-state index is 14.0. The minimum absolute atomic E-state index is 0.0542. The predicted molar refractivity (Wildman–Crippen MR) is 99.9 cm³/mol. The van der Waals surface area contributed by atoms with E-state index in [1.165, 1.54) is 35.2 Å². The maximum Gasteiger partial charge on any atom is 0.261 e. The monoisotopic (exact) mass is 382 g/mol. The molecule has 0 spiro atoms. The van der Waals surface area contributed by atoms with Crippen molar-refractivity contribution in [1.82, 2.24) is 4.90 Å². The number of carbonyl (C=O) groups excluding carboxylic acids is 3. The zero-order valence-corrected chi connectivity index (χ0v) is 15.3. The van der Waals surface area contributed by atoms with Crippen molar-refractivity contribution in [3.8, 4) is 0 Å². The molecular weight excluding hydrogens is 363 g/mol. The van der Waals surface area contributed by atoms with Crippen molar-refractivity contribution in [3.63, 3.8) is 0 Å². The number of amides is 3. The molecule has 1 saturated heterocycles. The molecule has 0 aliphatic carbocycles. The van der Waals surface area contributed by atoms with Gasteiger partial charge in [0.05, 0.1) is 29.5 Å². The van der Waals surface area contributed by atoms with Crippen LogP contribution in [0.3, 0.4) is 0 Å². The van der Waals surface area contributed by atoms with Gasteiger partial charge in [-0.25, -0.2) is 4.39 Å². The van der Waals surface area contributed by atoms with Gasteiger partial charge in [-0.2, -0.15) is 0 Å². The summed E-state index contributed by atoms with van der Waals surface area (Å²) in [7, 11) is 0. The number of aryl methyl sites for hydroxylation is 1. The van der Waals surface area contributed by atoms with E-state index in [9.17, 15) is 18.8 Å². The second kappa shape index (κ2) is 7.16. The van der Waals surface area contributed by atoms with Gasteiger partial charge in [0.15, 0.2) is 0 Å². The fourth-order valence-electron chi connectivity index (χ4n) is 3.51. The van der Waals surface area contributed by atoms with E-state index in [1.54, 1.807) is 13.0 Å². The largest absolute Gasteiger partial charge is 0.376 e. The van der Waals surface area contributed by atoms with Crippen molar-refractivity contribution in [2.75, 3.05) is 18.5 Å². The first-order valence-electron chi connectivity index (χ1n) is 9.13. The van der Waals surface area contributed by atoms with E-state index in [0.29, 0.717) is 6.61 Å². The van der Waals surface area contributed by atoms with Crippen molar-refractivity contribution in [2.45, 2.75) is 25.9 Å². The Bertz CT molecular complexity index is 982. The normalized spacial score (nSPS) is 18.5. The number of benzene rings is 2. The molecule has 1 unspecified atom stereocenters. The first-order valence-corrected chi connectivity index (χ1v) is 9.13. The molecule has 0 aromatic heterocycles. The van der Waals surface area contributed by atoms with Crippen LogP contribution in [0.5, 0.6) is 0 Å². The van der Waals surface area contributed by atoms with Crippen LogP contribution >= 0.6 is 0 Å². The van der Waals surface area contributed by atoms with Crippen LogP contribution < -0.4 is 5.32 Å². The van der Waals surface area contributed by atoms with E-state index in [2.05, 4.69) is 5.32 Å². The second-order valence-electron chi connectivity index (χ2n) is 7.05. The Hall–Kier alpha value is -3.06. The zero-order chi connectivity index (χ0) is 19.8. The standard InChI is InChI=1S/C21H19FN2O4/c1-12-4-7-18(17(22)9-12)23-19(25)13-5-6-15-16(10-13)21(27)24(20(15)26)11-14-3-2-8-28-14/h4-7,9-10,14H,2-3,8,11H2,1H3,(H,23,25). The minimum Gasteiger partial charge on any atom is -0.376 e. The topological polar surface area (TPSA) is 75.7 Å². The highest BCUT2D eigenvalue weighted by Crippen LogP contribution is 2.26. The molecule has 0 saturated carbocycles. The van der Waals surface area contributed by atoms with E-state index in [1.807, 2.05) is 0 Å². The lowest BCUT2D eigenvalue weighted by atomic mass is 10.1. The summed E-state index contributed by atoms with van der Waals surface area (Å²) in [4.78, 5) is 38.9. The molecule has 1 N–H and O–H groups in total. The molecule has 1 atom stereocenters. The van der Waals surface area contributed by atoms with Gasteiger partial charge in [-0.1, -0.05) is 6.07 Å². The van der Waals surface area contributed by atoms with Crippen molar-refractivity contribution in [3.05, 3.63) is 64.5 Å². The summed E-state index contributed by atoms with van der Waals surface area (Å²) >= 11 is 0. The third-order valence-corrected chi connectivity index (χ3v) is 5.02. The SMILES string of the molecule is Cc1ccc(NC(=O)c2ccc3c(c2)C(=O)N(CC2CCCO2)C3=O)c(F)c1. The van der Waals surface area contributed by atoms with Crippen molar-refractivity contribution in [1.29, 1.82) is 0 Å². The number of carbonyl (C=O) groups is 3. The highest BCUT2D eigenvalue weighted by molar-refractivity contribution is 6.22. The van der Waals surface area contributed by atoms with Gasteiger partial charge in [0.1, 0.15) is 5.82 Å². The molecule has 2 aromatic carbocycles. The van der Waals surface area contributed by atoms with E-state index in [4.69, 9.17) is 4.74 Å². The maximum atomic E-state index is 14.0. The smallest absolute Gasteiger partial charge is 0.261 e. The summed E-state index contributed by atoms with van der Waals surface area (Å²) in [5.74, 6) is -1.91. The first-order chi connectivity index (χ1) is 13.4. The van der Waals surface area contributed by atoms with Gasteiger partial charge in [-0.3, -0.25) is 19.3 Å². The summed E-state index contributed by atoms with van der Waals surface area (Å²) in [6, 6.07) is 8.79. The summed E-state index contributed by atoms with van der Waals surface area (Å²) in [5.41, 5.74) is 1.42. The zero-order valence-electron chi connectivity index (χ0n) is 15.3. The molecular formula is C21H19FN2O4. The van der Waals surface area contributed by atoms with Crippen LogP contribution in [-0.4, -0.2) is 41.9 Å². The van der Waals surface area contributed by atoms with Crippen LogP contribution in [0.2, 0.25) is 0 Å². The van der Waals surface area contributed by atoms with Crippen LogP contribution in [0.25, 0.3) is 0 Å². The van der Waals surface area contributed by atoms with Gasteiger partial charge in [0, 0.05) is 12.2 Å². The van der Waals surface area contributed by atoms with E-state index >= 15 is 0 Å². The Morgan fingerprint density at radius 2 is 1.96 bits per heavy atom. The molecule has 1 fully saturated rings. The Morgan fingerprint density at radius 3 is 2.68 bits per heavy atom. The van der Waals surface area contributed by atoms with E-state index < -0.39 is 17.6 Å². The van der Waals surface area contributed by atoms with Gasteiger partial charge < -0.3 is 10.1 Å². The third-order valence-electron chi connectivity index (χ3n) is 5.02. The molecule has 2 aromatic rings. The summed E-state index contributed by atoms with van der Waals surface area (Å²) in [6.45, 7) is 2.59. The number of anilines is 1. The number of ether oxygens (including phenoxy) is 1. The second-order valence-corrected chi connectivity index (χ2v) is 7.05. The molecule has 3 amide bonds. The Labute approximate surface area is 161 Å². The Morgan fingerprint density at radius 1 is 1.18 bits per heavy atom. The van der Waals surface area contributed by atoms with Crippen molar-refractivity contribution in [2.24, 2.45) is 0 Å². The van der Waals surface area contributed by atoms with Crippen LogP contribution in [0.1, 0.15) is 49.5 Å². The van der Waals surface area contributed by atoms with Crippen LogP contribution in [0.4, 0.5) is 10.1 Å². The molecule has 7 heteroatoms. The molecule has 0 radical (unpaired) electrons. The summed E-state index contributed by atoms with van der Waals surface area (Å²) in [5, 5.41) is 2.50. The van der Waals surface area contributed by atoms with Crippen LogP contribution in [-0.2, 0) is 4.74 Å². The van der Waals surface area contributed by atoms with Gasteiger partial charge in [-0.05, 0) is 55.7 Å². The molecule has 28 heavy (non-hydrogen) atoms. The Balaban J connectivity index is 1.54. The predicted octanol–water partition coefficient (Wildman–Crippen LogP) is 3.16. The molecule has 0 bridgehead atoms. The average Bonchev–Trinajstić information content (AvgIpc) is 3.27. The molecule has 2 heterocycles. The van der Waals surface area contributed by atoms with Crippen LogP contribution in [0.15, 0.2) is 36.4 Å². The number of hydrogen-bond acceptors (Lipinski definition) is 4. The highest BCUT2D eigenvalue weighted by atomic mass is 19.1. The van der Waals surface area contributed by atoms with Gasteiger partial charge in [0.2, 0.25) is 0 Å². The van der Waals surface area contributed by atoms with Crippen molar-refractivity contribution < 1.29 is 23.5 Å². The number of hydrogen-bond donors (Lipinski definition) is 1. The number of fused-ring (bicyclic) bond motifs is 1. The molecule has 144 valence electrons. The summed E-state index contributed by atoms with van der Waals surface area (Å²) < 4.78 is 19.5. The Kier molecular flexibility index (Phi) is 4.68. The minimum atomic E-state index is -0.552. The average molecular weight is 382 g/mol. The molecule has 2 aliphatic rings. The third kappa shape index (κ3) is 3.29. The van der Waals surface area contributed by atoms with Crippen molar-refractivity contribution >= 4 is 23.4 Å². The molecule has 6 nitrogen and oxygen atoms in total.